The van der Waals surface area contributed by atoms with E-state index in [4.69, 9.17) is 0 Å². The summed E-state index contributed by atoms with van der Waals surface area (Å²) in [7, 11) is 0. The average Bonchev–Trinajstić information content (AvgIpc) is 3.14. The molecule has 5 nitrogen and oxygen atoms in total. The molecule has 0 bridgehead atoms. The van der Waals surface area contributed by atoms with Gasteiger partial charge in [-0.2, -0.15) is 5.10 Å². The molecule has 134 valence electrons. The molecule has 2 aliphatic heterocycles. The highest BCUT2D eigenvalue weighted by Gasteiger charge is 2.42. The van der Waals surface area contributed by atoms with Gasteiger partial charge in [-0.25, -0.2) is 0 Å². The molecule has 1 aromatic rings. The molecule has 5 heteroatoms. The summed E-state index contributed by atoms with van der Waals surface area (Å²) in [5.41, 5.74) is 2.74. The average molecular weight is 332 g/mol. The Hall–Kier alpha value is -1.36. The van der Waals surface area contributed by atoms with Crippen LogP contribution in [0.15, 0.2) is 6.07 Å². The lowest BCUT2D eigenvalue weighted by Crippen LogP contribution is -2.45. The number of likely N-dealkylation sites (tertiary alicyclic amines) is 2. The first-order valence-corrected chi connectivity index (χ1v) is 9.36. The lowest BCUT2D eigenvalue weighted by atomic mass is 9.79. The molecule has 0 aromatic carbocycles. The SMILES string of the molecule is CCC(=O)N1CC[C@]2(CCCN(Cc3cc(C(C)(C)C)n[nH]3)C2)C1. The molecule has 1 spiro atoms. The van der Waals surface area contributed by atoms with Gasteiger partial charge < -0.3 is 4.90 Å². The van der Waals surface area contributed by atoms with Crippen LogP contribution in [0, 0.1) is 5.41 Å². The van der Waals surface area contributed by atoms with E-state index in [9.17, 15) is 4.79 Å². The van der Waals surface area contributed by atoms with Crippen molar-refractivity contribution in [3.05, 3.63) is 17.5 Å². The standard InChI is InChI=1S/C19H32N4O/c1-5-17(24)23-10-8-19(14-23)7-6-9-22(13-19)12-15-11-16(21-20-15)18(2,3)4/h11H,5-10,12-14H2,1-4H3,(H,20,21)/t19-/m0/s1. The van der Waals surface area contributed by atoms with Crippen molar-refractivity contribution in [2.45, 2.75) is 65.3 Å². The molecule has 0 radical (unpaired) electrons. The number of carbonyl (C=O) groups is 1. The van der Waals surface area contributed by atoms with Crippen molar-refractivity contribution >= 4 is 5.91 Å². The zero-order valence-corrected chi connectivity index (χ0v) is 15.7. The predicted molar refractivity (Wildman–Crippen MR) is 95.7 cm³/mol. The molecule has 1 aromatic heterocycles. The Morgan fingerprint density at radius 3 is 2.75 bits per heavy atom. The highest BCUT2D eigenvalue weighted by atomic mass is 16.2. The Kier molecular flexibility index (Phi) is 4.73. The highest BCUT2D eigenvalue weighted by molar-refractivity contribution is 5.76. The number of nitrogens with one attached hydrogen (secondary N) is 1. The summed E-state index contributed by atoms with van der Waals surface area (Å²) in [6.45, 7) is 13.6. The van der Waals surface area contributed by atoms with Crippen LogP contribution < -0.4 is 0 Å². The van der Waals surface area contributed by atoms with Crippen LogP contribution in [0.2, 0.25) is 0 Å². The van der Waals surface area contributed by atoms with Gasteiger partial charge in [0.1, 0.15) is 0 Å². The summed E-state index contributed by atoms with van der Waals surface area (Å²) < 4.78 is 0. The van der Waals surface area contributed by atoms with Gasteiger partial charge in [-0.3, -0.25) is 14.8 Å². The van der Waals surface area contributed by atoms with E-state index in [-0.39, 0.29) is 5.41 Å². The Morgan fingerprint density at radius 1 is 1.29 bits per heavy atom. The summed E-state index contributed by atoms with van der Waals surface area (Å²) >= 11 is 0. The maximum atomic E-state index is 12.0. The van der Waals surface area contributed by atoms with E-state index >= 15 is 0 Å². The van der Waals surface area contributed by atoms with E-state index in [2.05, 4.69) is 46.8 Å². The van der Waals surface area contributed by atoms with Gasteiger partial charge in [-0.05, 0) is 31.9 Å². The van der Waals surface area contributed by atoms with Crippen LogP contribution >= 0.6 is 0 Å². The summed E-state index contributed by atoms with van der Waals surface area (Å²) in [6, 6.07) is 2.21. The first-order chi connectivity index (χ1) is 11.3. The van der Waals surface area contributed by atoms with Crippen molar-refractivity contribution in [2.24, 2.45) is 5.41 Å². The third kappa shape index (κ3) is 3.66. The molecule has 1 N–H and O–H groups in total. The zero-order chi connectivity index (χ0) is 17.4. The van der Waals surface area contributed by atoms with E-state index in [0.717, 1.165) is 44.8 Å². The maximum absolute atomic E-state index is 12.0. The molecule has 0 aliphatic carbocycles. The third-order valence-electron chi connectivity index (χ3n) is 5.63. The lowest BCUT2D eigenvalue weighted by Gasteiger charge is -2.40. The molecule has 3 rings (SSSR count). The van der Waals surface area contributed by atoms with Crippen molar-refractivity contribution in [1.82, 2.24) is 20.0 Å². The van der Waals surface area contributed by atoms with Gasteiger partial charge >= 0.3 is 0 Å². The van der Waals surface area contributed by atoms with Crippen LogP contribution in [-0.4, -0.2) is 52.1 Å². The Bertz CT molecular complexity index is 588. The number of aromatic nitrogens is 2. The van der Waals surface area contributed by atoms with Gasteiger partial charge in [0.15, 0.2) is 0 Å². The smallest absolute Gasteiger partial charge is 0.222 e. The minimum Gasteiger partial charge on any atom is -0.342 e. The van der Waals surface area contributed by atoms with Crippen LogP contribution in [0.5, 0.6) is 0 Å². The number of rotatable bonds is 3. The van der Waals surface area contributed by atoms with Crippen molar-refractivity contribution < 1.29 is 4.79 Å². The summed E-state index contributed by atoms with van der Waals surface area (Å²) in [5.74, 6) is 0.312. The van der Waals surface area contributed by atoms with Gasteiger partial charge in [-0.15, -0.1) is 0 Å². The third-order valence-corrected chi connectivity index (χ3v) is 5.63. The fourth-order valence-corrected chi connectivity index (χ4v) is 4.22. The van der Waals surface area contributed by atoms with Crippen molar-refractivity contribution in [3.8, 4) is 0 Å². The maximum Gasteiger partial charge on any atom is 0.222 e. The van der Waals surface area contributed by atoms with E-state index in [1.165, 1.54) is 18.5 Å². The second kappa shape index (κ2) is 6.51. The van der Waals surface area contributed by atoms with Crippen molar-refractivity contribution in [2.75, 3.05) is 26.2 Å². The minimum absolute atomic E-state index is 0.0876. The fraction of sp³-hybridized carbons (Fsp3) is 0.789. The van der Waals surface area contributed by atoms with E-state index in [1.807, 2.05) is 6.92 Å². The van der Waals surface area contributed by atoms with Crippen LogP contribution in [0.4, 0.5) is 0 Å². The van der Waals surface area contributed by atoms with Gasteiger partial charge in [0.25, 0.3) is 0 Å². The summed E-state index contributed by atoms with van der Waals surface area (Å²) in [6.07, 6.45) is 4.27. The highest BCUT2D eigenvalue weighted by Crippen LogP contribution is 2.39. The number of H-pyrrole nitrogens is 1. The largest absolute Gasteiger partial charge is 0.342 e. The molecule has 24 heavy (non-hydrogen) atoms. The molecule has 0 saturated carbocycles. The first kappa shape index (κ1) is 17.5. The normalized spacial score (nSPS) is 25.6. The summed E-state index contributed by atoms with van der Waals surface area (Å²) in [5, 5.41) is 7.70. The molecule has 2 aliphatic rings. The molecule has 0 unspecified atom stereocenters. The monoisotopic (exact) mass is 332 g/mol. The number of carbonyl (C=O) groups excluding carboxylic acids is 1. The van der Waals surface area contributed by atoms with Crippen LogP contribution in [0.25, 0.3) is 0 Å². The second-order valence-electron chi connectivity index (χ2n) is 8.76. The number of hydrogen-bond acceptors (Lipinski definition) is 3. The summed E-state index contributed by atoms with van der Waals surface area (Å²) in [4.78, 5) is 16.6. The topological polar surface area (TPSA) is 52.2 Å². The molecule has 2 saturated heterocycles. The van der Waals surface area contributed by atoms with E-state index < -0.39 is 0 Å². The molecule has 3 heterocycles. The molecule has 1 atom stereocenters. The van der Waals surface area contributed by atoms with E-state index in [1.54, 1.807) is 0 Å². The van der Waals surface area contributed by atoms with Gasteiger partial charge in [0, 0.05) is 49.1 Å². The zero-order valence-electron chi connectivity index (χ0n) is 15.7. The van der Waals surface area contributed by atoms with Crippen molar-refractivity contribution in [1.29, 1.82) is 0 Å². The predicted octanol–water partition coefficient (Wildman–Crippen LogP) is 2.93. The number of hydrogen-bond donors (Lipinski definition) is 1. The minimum atomic E-state index is 0.0876. The van der Waals surface area contributed by atoms with Gasteiger partial charge in [-0.1, -0.05) is 27.7 Å². The number of amides is 1. The second-order valence-corrected chi connectivity index (χ2v) is 8.76. The van der Waals surface area contributed by atoms with Crippen LogP contribution in [0.3, 0.4) is 0 Å². The van der Waals surface area contributed by atoms with Gasteiger partial charge in [0.2, 0.25) is 5.91 Å². The number of aromatic amines is 1. The molecular formula is C19H32N4O. The lowest BCUT2D eigenvalue weighted by molar-refractivity contribution is -0.130. The Balaban J connectivity index is 1.62. The fourth-order valence-electron chi connectivity index (χ4n) is 4.22. The van der Waals surface area contributed by atoms with Crippen LogP contribution in [0.1, 0.15) is 64.8 Å². The number of piperidine rings is 1. The Labute approximate surface area is 145 Å². The molecule has 2 fully saturated rings. The number of nitrogens with zero attached hydrogens (tertiary/aromatic N) is 3. The first-order valence-electron chi connectivity index (χ1n) is 9.36. The van der Waals surface area contributed by atoms with Gasteiger partial charge in [0.05, 0.1) is 5.69 Å². The Morgan fingerprint density at radius 2 is 2.08 bits per heavy atom. The molecular weight excluding hydrogens is 300 g/mol. The quantitative estimate of drug-likeness (QED) is 0.926. The van der Waals surface area contributed by atoms with E-state index in [0.29, 0.717) is 17.7 Å². The van der Waals surface area contributed by atoms with Crippen LogP contribution in [-0.2, 0) is 16.8 Å². The molecule has 1 amide bonds. The van der Waals surface area contributed by atoms with Crippen molar-refractivity contribution in [3.63, 3.8) is 0 Å².